The predicted molar refractivity (Wildman–Crippen MR) is 131 cm³/mol. The van der Waals surface area contributed by atoms with Gasteiger partial charge in [-0.25, -0.2) is 4.79 Å². The average molecular weight is 448 g/mol. The molecule has 33 heavy (non-hydrogen) atoms. The summed E-state index contributed by atoms with van der Waals surface area (Å²) in [4.78, 5) is 29.7. The molecule has 0 saturated carbocycles. The monoisotopic (exact) mass is 447 g/mol. The Kier molecular flexibility index (Phi) is 8.30. The molecule has 0 unspecified atom stereocenters. The molecule has 1 N–H and O–H groups in total. The van der Waals surface area contributed by atoms with Crippen LogP contribution in [0.25, 0.3) is 0 Å². The topological polar surface area (TPSA) is 65.8 Å². The second-order valence-corrected chi connectivity index (χ2v) is 8.58. The first kappa shape index (κ1) is 24.1. The number of amides is 3. The van der Waals surface area contributed by atoms with Gasteiger partial charge in [0.05, 0.1) is 12.8 Å². The lowest BCUT2D eigenvalue weighted by Crippen LogP contribution is -2.47. The van der Waals surface area contributed by atoms with E-state index in [-0.39, 0.29) is 24.5 Å². The lowest BCUT2D eigenvalue weighted by Gasteiger charge is -2.30. The summed E-state index contributed by atoms with van der Waals surface area (Å²) in [6, 6.07) is 19.1. The molecule has 0 fully saturated rings. The third kappa shape index (κ3) is 6.97. The Balaban J connectivity index is 1.70. The molecule has 0 saturated heterocycles. The van der Waals surface area contributed by atoms with Crippen molar-refractivity contribution in [2.75, 3.05) is 18.4 Å². The molecule has 174 valence electrons. The number of nitrogens with one attached hydrogen (secondary N) is 1. The number of carbonyl (C=O) groups is 2. The number of aryl methyl sites for hydroxylation is 2. The molecular weight excluding hydrogens is 414 g/mol. The van der Waals surface area contributed by atoms with E-state index >= 15 is 0 Å². The molecule has 3 aromatic rings. The Bertz CT molecular complexity index is 1050. The Morgan fingerprint density at radius 2 is 1.73 bits per heavy atom. The second-order valence-electron chi connectivity index (χ2n) is 8.58. The fourth-order valence-electron chi connectivity index (χ4n) is 3.54. The zero-order valence-corrected chi connectivity index (χ0v) is 19.9. The van der Waals surface area contributed by atoms with Gasteiger partial charge in [0, 0.05) is 18.3 Å². The summed E-state index contributed by atoms with van der Waals surface area (Å²) >= 11 is 0. The second kappa shape index (κ2) is 11.4. The van der Waals surface area contributed by atoms with Gasteiger partial charge in [-0.15, -0.1) is 0 Å². The highest BCUT2D eigenvalue weighted by Gasteiger charge is 2.24. The van der Waals surface area contributed by atoms with E-state index in [1.54, 1.807) is 16.1 Å². The largest absolute Gasteiger partial charge is 0.467 e. The Morgan fingerprint density at radius 3 is 2.36 bits per heavy atom. The summed E-state index contributed by atoms with van der Waals surface area (Å²) in [5.41, 5.74) is 4.14. The molecule has 6 nitrogen and oxygen atoms in total. The van der Waals surface area contributed by atoms with Crippen molar-refractivity contribution in [3.05, 3.63) is 89.4 Å². The van der Waals surface area contributed by atoms with Gasteiger partial charge in [-0.3, -0.25) is 4.79 Å². The van der Waals surface area contributed by atoms with E-state index in [1.807, 2.05) is 88.4 Å². The number of hydrogen-bond acceptors (Lipinski definition) is 3. The average Bonchev–Trinajstić information content (AvgIpc) is 3.31. The van der Waals surface area contributed by atoms with E-state index in [9.17, 15) is 9.59 Å². The molecule has 1 aromatic heterocycles. The van der Waals surface area contributed by atoms with Crippen LogP contribution in [0, 0.1) is 13.8 Å². The van der Waals surface area contributed by atoms with Gasteiger partial charge in [0.25, 0.3) is 0 Å². The predicted octanol–water partition coefficient (Wildman–Crippen LogP) is 5.41. The first-order valence-corrected chi connectivity index (χ1v) is 11.3. The van der Waals surface area contributed by atoms with Gasteiger partial charge in [-0.05, 0) is 75.1 Å². The number of urea groups is 1. The molecule has 2 aromatic carbocycles. The van der Waals surface area contributed by atoms with Crippen molar-refractivity contribution in [3.8, 4) is 0 Å². The lowest BCUT2D eigenvalue weighted by molar-refractivity contribution is -0.133. The SMILES string of the molecule is Cc1ccc(NC(=O)N(CC(=O)N(CCc2ccccc2)Cc2ccco2)C(C)C)cc1C. The van der Waals surface area contributed by atoms with Gasteiger partial charge in [0.15, 0.2) is 0 Å². The van der Waals surface area contributed by atoms with Crippen molar-refractivity contribution in [1.82, 2.24) is 9.80 Å². The normalized spacial score (nSPS) is 10.8. The minimum absolute atomic E-state index is 0.0101. The number of carbonyl (C=O) groups excluding carboxylic acids is 2. The zero-order chi connectivity index (χ0) is 23.8. The first-order chi connectivity index (χ1) is 15.8. The number of hydrogen-bond donors (Lipinski definition) is 1. The standard InChI is InChI=1S/C27H33N3O3/c1-20(2)30(27(32)28-24-13-12-21(3)22(4)17-24)19-26(31)29(18-25-11-8-16-33-25)15-14-23-9-6-5-7-10-23/h5-13,16-17,20H,14-15,18-19H2,1-4H3,(H,28,32). The van der Waals surface area contributed by atoms with E-state index in [1.165, 1.54) is 0 Å². The van der Waals surface area contributed by atoms with Crippen LogP contribution in [0.2, 0.25) is 0 Å². The highest BCUT2D eigenvalue weighted by Crippen LogP contribution is 2.16. The van der Waals surface area contributed by atoms with Crippen LogP contribution < -0.4 is 5.32 Å². The molecule has 0 bridgehead atoms. The third-order valence-electron chi connectivity index (χ3n) is 5.74. The van der Waals surface area contributed by atoms with Gasteiger partial charge in [0.2, 0.25) is 5.91 Å². The highest BCUT2D eigenvalue weighted by molar-refractivity contribution is 5.92. The minimum Gasteiger partial charge on any atom is -0.467 e. The molecule has 0 aliphatic carbocycles. The van der Waals surface area contributed by atoms with Crippen LogP contribution in [0.3, 0.4) is 0 Å². The van der Waals surface area contributed by atoms with E-state index in [2.05, 4.69) is 5.32 Å². The quantitative estimate of drug-likeness (QED) is 0.477. The molecule has 0 radical (unpaired) electrons. The smallest absolute Gasteiger partial charge is 0.322 e. The third-order valence-corrected chi connectivity index (χ3v) is 5.74. The minimum atomic E-state index is -0.289. The lowest BCUT2D eigenvalue weighted by atomic mass is 10.1. The van der Waals surface area contributed by atoms with Crippen molar-refractivity contribution in [2.24, 2.45) is 0 Å². The number of furan rings is 1. The maximum absolute atomic E-state index is 13.3. The molecule has 0 aliphatic rings. The van der Waals surface area contributed by atoms with Crippen molar-refractivity contribution >= 4 is 17.6 Å². The summed E-state index contributed by atoms with van der Waals surface area (Å²) in [7, 11) is 0. The summed E-state index contributed by atoms with van der Waals surface area (Å²) in [6.07, 6.45) is 2.33. The molecule has 0 aliphatic heterocycles. The van der Waals surface area contributed by atoms with E-state index in [0.29, 0.717) is 18.8 Å². The molecule has 6 heteroatoms. The molecule has 0 spiro atoms. The van der Waals surface area contributed by atoms with Gasteiger partial charge in [0.1, 0.15) is 12.3 Å². The molecule has 0 atom stereocenters. The van der Waals surface area contributed by atoms with Crippen molar-refractivity contribution < 1.29 is 14.0 Å². The summed E-state index contributed by atoms with van der Waals surface area (Å²) in [6.45, 7) is 8.75. The number of rotatable bonds is 9. The zero-order valence-electron chi connectivity index (χ0n) is 19.9. The van der Waals surface area contributed by atoms with Crippen molar-refractivity contribution in [3.63, 3.8) is 0 Å². The van der Waals surface area contributed by atoms with Gasteiger partial charge < -0.3 is 19.5 Å². The first-order valence-electron chi connectivity index (χ1n) is 11.3. The molecule has 1 heterocycles. The maximum atomic E-state index is 13.3. The van der Waals surface area contributed by atoms with Crippen LogP contribution in [-0.4, -0.2) is 40.9 Å². The van der Waals surface area contributed by atoms with Gasteiger partial charge >= 0.3 is 6.03 Å². The van der Waals surface area contributed by atoms with E-state index in [0.717, 1.165) is 28.8 Å². The molecule has 3 rings (SSSR count). The van der Waals surface area contributed by atoms with Crippen molar-refractivity contribution in [1.29, 1.82) is 0 Å². The number of nitrogens with zero attached hydrogens (tertiary/aromatic N) is 2. The van der Waals surface area contributed by atoms with Crippen LogP contribution in [0.4, 0.5) is 10.5 Å². The van der Waals surface area contributed by atoms with Crippen LogP contribution in [0.5, 0.6) is 0 Å². The van der Waals surface area contributed by atoms with Crippen LogP contribution in [0.15, 0.2) is 71.3 Å². The Morgan fingerprint density at radius 1 is 0.970 bits per heavy atom. The maximum Gasteiger partial charge on any atom is 0.322 e. The number of benzene rings is 2. The fraction of sp³-hybridized carbons (Fsp3) is 0.333. The van der Waals surface area contributed by atoms with Gasteiger partial charge in [-0.1, -0.05) is 36.4 Å². The van der Waals surface area contributed by atoms with E-state index in [4.69, 9.17) is 4.42 Å². The summed E-state index contributed by atoms with van der Waals surface area (Å²) in [5.74, 6) is 0.596. The summed E-state index contributed by atoms with van der Waals surface area (Å²) < 4.78 is 5.48. The summed E-state index contributed by atoms with van der Waals surface area (Å²) in [5, 5.41) is 2.94. The number of anilines is 1. The van der Waals surface area contributed by atoms with Crippen LogP contribution in [0.1, 0.15) is 36.3 Å². The molecule has 3 amide bonds. The van der Waals surface area contributed by atoms with Crippen LogP contribution in [-0.2, 0) is 17.8 Å². The van der Waals surface area contributed by atoms with Crippen molar-refractivity contribution in [2.45, 2.75) is 46.7 Å². The Labute approximate surface area is 196 Å². The van der Waals surface area contributed by atoms with Gasteiger partial charge in [-0.2, -0.15) is 0 Å². The molecular formula is C27H33N3O3. The highest BCUT2D eigenvalue weighted by atomic mass is 16.3. The Hall–Kier alpha value is -3.54. The van der Waals surface area contributed by atoms with E-state index < -0.39 is 0 Å². The van der Waals surface area contributed by atoms with Crippen LogP contribution >= 0.6 is 0 Å². The fourth-order valence-corrected chi connectivity index (χ4v) is 3.54.